The lowest BCUT2D eigenvalue weighted by atomic mass is 9.93. The van der Waals surface area contributed by atoms with Gasteiger partial charge in [0, 0.05) is 22.2 Å². The van der Waals surface area contributed by atoms with Crippen molar-refractivity contribution in [1.29, 1.82) is 0 Å². The molecule has 15 nitrogen and oxygen atoms in total. The average molecular weight is 763 g/mol. The first kappa shape index (κ1) is 40.2. The number of anilines is 2. The highest BCUT2D eigenvalue weighted by Gasteiger charge is 2.42. The van der Waals surface area contributed by atoms with Crippen LogP contribution in [-0.2, 0) is 39.9 Å². The first-order valence-corrected chi connectivity index (χ1v) is 18.1. The molecule has 0 spiro atoms. The van der Waals surface area contributed by atoms with Gasteiger partial charge >= 0.3 is 13.6 Å². The number of carboxylic acid groups (broad SMARTS) is 1. The Morgan fingerprint density at radius 1 is 1.08 bits per heavy atom. The number of benzene rings is 2. The summed E-state index contributed by atoms with van der Waals surface area (Å²) in [5.74, 6) is -0.732. The van der Waals surface area contributed by atoms with Gasteiger partial charge in [0.05, 0.1) is 49.3 Å². The minimum atomic E-state index is -4.10. The van der Waals surface area contributed by atoms with Gasteiger partial charge in [0.2, 0.25) is 0 Å². The van der Waals surface area contributed by atoms with Crippen molar-refractivity contribution in [2.45, 2.75) is 46.1 Å². The van der Waals surface area contributed by atoms with Gasteiger partial charge in [0.1, 0.15) is 5.75 Å². The Balaban J connectivity index is 0.000000198. The lowest BCUT2D eigenvalue weighted by Gasteiger charge is -2.29. The van der Waals surface area contributed by atoms with Crippen LogP contribution < -0.4 is 19.9 Å². The molecule has 1 fully saturated rings. The topological polar surface area (TPSA) is 203 Å². The lowest BCUT2D eigenvalue weighted by Crippen LogP contribution is -2.39. The van der Waals surface area contributed by atoms with Gasteiger partial charge in [-0.05, 0) is 57.2 Å². The van der Waals surface area contributed by atoms with Gasteiger partial charge in [-0.15, -0.1) is 6.42 Å². The third-order valence-electron chi connectivity index (χ3n) is 8.10. The van der Waals surface area contributed by atoms with E-state index in [1.165, 1.54) is 16.0 Å². The summed E-state index contributed by atoms with van der Waals surface area (Å²) in [6, 6.07) is 9.83. The number of fused-ring (bicyclic) bond motifs is 1. The van der Waals surface area contributed by atoms with Crippen LogP contribution in [0.3, 0.4) is 0 Å². The molecule has 0 atom stereocenters. The number of amides is 4. The molecule has 6 rings (SSSR count). The highest BCUT2D eigenvalue weighted by Crippen LogP contribution is 2.42. The summed E-state index contributed by atoms with van der Waals surface area (Å²) in [6.07, 6.45) is 7.41. The number of ether oxygens (including phenoxy) is 1. The molecule has 3 heterocycles. The number of hydroxylamine groups is 2. The van der Waals surface area contributed by atoms with E-state index in [9.17, 15) is 32.9 Å². The van der Waals surface area contributed by atoms with Crippen LogP contribution in [0.15, 0.2) is 47.5 Å². The van der Waals surface area contributed by atoms with Crippen LogP contribution in [0.25, 0.3) is 0 Å². The van der Waals surface area contributed by atoms with Crippen LogP contribution in [0.1, 0.15) is 45.1 Å². The Morgan fingerprint density at radius 3 is 2.25 bits per heavy atom. The summed E-state index contributed by atoms with van der Waals surface area (Å²) in [4.78, 5) is 83.0. The highest BCUT2D eigenvalue weighted by atomic mass is 35.5. The third kappa shape index (κ3) is 9.62. The number of imide groups is 1. The van der Waals surface area contributed by atoms with Crippen molar-refractivity contribution in [3.05, 3.63) is 63.9 Å². The fourth-order valence-corrected chi connectivity index (χ4v) is 6.11. The number of halogens is 2. The Kier molecular flexibility index (Phi) is 13.0. The SMILES string of the molecule is C#CCN1C(=O)COc2cc(F)c(N3C(=O)C4=C(CCCC4)C3=O)cc21.CC1(C)CON(Cc2ccccc2Cl)C1=O.O=C(O)CNCP(=O)(O)O. The molecular weight excluding hydrogens is 726 g/mol. The summed E-state index contributed by atoms with van der Waals surface area (Å²) >= 11 is 6.03. The van der Waals surface area contributed by atoms with Crippen molar-refractivity contribution in [2.75, 3.05) is 42.4 Å². The number of carboxylic acids is 1. The van der Waals surface area contributed by atoms with Gasteiger partial charge in [-0.25, -0.2) is 14.4 Å². The van der Waals surface area contributed by atoms with Crippen molar-refractivity contribution < 1.29 is 57.4 Å². The minimum Gasteiger partial charge on any atom is -0.481 e. The number of carbonyl (C=O) groups excluding carboxylic acids is 4. The van der Waals surface area contributed by atoms with E-state index >= 15 is 0 Å². The molecule has 0 saturated carbocycles. The maximum absolute atomic E-state index is 14.7. The van der Waals surface area contributed by atoms with Crippen molar-refractivity contribution >= 4 is 60.2 Å². The molecule has 0 radical (unpaired) electrons. The first-order chi connectivity index (χ1) is 24.4. The van der Waals surface area contributed by atoms with Crippen LogP contribution in [-0.4, -0.2) is 82.1 Å². The highest BCUT2D eigenvalue weighted by molar-refractivity contribution is 7.51. The van der Waals surface area contributed by atoms with E-state index < -0.39 is 49.4 Å². The Hall–Kier alpha value is -4.62. The number of nitrogens with one attached hydrogen (secondary N) is 1. The van der Waals surface area contributed by atoms with Crippen LogP contribution in [0.5, 0.6) is 5.75 Å². The summed E-state index contributed by atoms with van der Waals surface area (Å²) in [6.45, 7) is 3.88. The van der Waals surface area contributed by atoms with Crippen molar-refractivity contribution in [3.8, 4) is 18.1 Å². The van der Waals surface area contributed by atoms with E-state index in [0.717, 1.165) is 29.4 Å². The first-order valence-electron chi connectivity index (χ1n) is 15.9. The number of hydrogen-bond donors (Lipinski definition) is 4. The predicted octanol–water partition coefficient (Wildman–Crippen LogP) is 3.36. The summed E-state index contributed by atoms with van der Waals surface area (Å²) in [5, 5.41) is 12.1. The van der Waals surface area contributed by atoms with Gasteiger partial charge in [0.25, 0.3) is 23.6 Å². The summed E-state index contributed by atoms with van der Waals surface area (Å²) < 4.78 is 30.0. The van der Waals surface area contributed by atoms with Crippen LogP contribution >= 0.6 is 19.2 Å². The van der Waals surface area contributed by atoms with E-state index in [1.54, 1.807) is 0 Å². The second-order valence-electron chi connectivity index (χ2n) is 12.6. The quantitative estimate of drug-likeness (QED) is 0.174. The van der Waals surface area contributed by atoms with Gasteiger partial charge in [0.15, 0.2) is 12.4 Å². The van der Waals surface area contributed by atoms with E-state index in [1.807, 2.05) is 38.1 Å². The van der Waals surface area contributed by atoms with Crippen LogP contribution in [0.2, 0.25) is 5.02 Å². The zero-order chi connectivity index (χ0) is 38.4. The molecule has 4 aliphatic rings. The monoisotopic (exact) mass is 762 g/mol. The number of hydrogen-bond acceptors (Lipinski definition) is 9. The fraction of sp³-hybridized carbons (Fsp3) is 0.382. The van der Waals surface area contributed by atoms with E-state index in [-0.39, 0.29) is 42.1 Å². The summed E-state index contributed by atoms with van der Waals surface area (Å²) in [5.41, 5.74) is 1.46. The largest absolute Gasteiger partial charge is 0.481 e. The molecule has 2 aromatic rings. The zero-order valence-corrected chi connectivity index (χ0v) is 29.9. The molecule has 2 aromatic carbocycles. The van der Waals surface area contributed by atoms with Crippen molar-refractivity contribution in [1.82, 2.24) is 10.4 Å². The number of nitrogens with zero attached hydrogens (tertiary/aromatic N) is 3. The number of terminal acetylenes is 1. The van der Waals surface area contributed by atoms with E-state index in [2.05, 4.69) is 11.2 Å². The molecule has 0 unspecified atom stereocenters. The van der Waals surface area contributed by atoms with Gasteiger partial charge in [-0.3, -0.25) is 43.6 Å². The zero-order valence-electron chi connectivity index (χ0n) is 28.3. The average Bonchev–Trinajstić information content (AvgIpc) is 3.48. The molecule has 52 heavy (non-hydrogen) atoms. The molecule has 0 aromatic heterocycles. The van der Waals surface area contributed by atoms with E-state index in [4.69, 9.17) is 42.5 Å². The number of carbonyl (C=O) groups is 5. The van der Waals surface area contributed by atoms with Gasteiger partial charge in [-0.1, -0.05) is 35.7 Å². The second kappa shape index (κ2) is 16.8. The molecule has 0 bridgehead atoms. The molecule has 4 N–H and O–H groups in total. The maximum Gasteiger partial charge on any atom is 0.339 e. The molecular formula is C34H37ClFN4O11P. The Labute approximate surface area is 303 Å². The van der Waals surface area contributed by atoms with Gasteiger partial charge < -0.3 is 19.6 Å². The van der Waals surface area contributed by atoms with E-state index in [0.29, 0.717) is 42.2 Å². The Morgan fingerprint density at radius 2 is 1.71 bits per heavy atom. The molecule has 1 aliphatic carbocycles. The number of aliphatic carboxylic acids is 1. The standard InChI is InChI=1S/C19H15FN2O4.C12H14ClNO2.C3H8NO5P/c1-2-7-21-15-9-14(13(20)8-16(15)26-10-17(21)23)22-18(24)11-5-3-4-6-12(11)19(22)25;1-12(2)8-16-14(11(12)15)7-9-5-3-4-6-10(9)13;5-3(6)1-4-2-10(7,8)9/h1,8-9H,3-7,10H2;3-6H,7-8H2,1-2H3;4H,1-2H2,(H,5,6)(H2,7,8,9). The maximum atomic E-state index is 14.7. The second-order valence-corrected chi connectivity index (χ2v) is 14.6. The van der Waals surface area contributed by atoms with Crippen LogP contribution in [0.4, 0.5) is 15.8 Å². The van der Waals surface area contributed by atoms with Crippen molar-refractivity contribution in [2.24, 2.45) is 5.41 Å². The minimum absolute atomic E-state index is 0.00687. The van der Waals surface area contributed by atoms with Gasteiger partial charge in [-0.2, -0.15) is 0 Å². The lowest BCUT2D eigenvalue weighted by molar-refractivity contribution is -0.165. The third-order valence-corrected chi connectivity index (χ3v) is 9.11. The normalized spacial score (nSPS) is 17.8. The van der Waals surface area contributed by atoms with Crippen molar-refractivity contribution in [3.63, 3.8) is 0 Å². The molecule has 278 valence electrons. The molecule has 3 aliphatic heterocycles. The smallest absolute Gasteiger partial charge is 0.339 e. The van der Waals surface area contributed by atoms with Crippen LogP contribution in [0, 0.1) is 23.6 Å². The molecule has 18 heteroatoms. The molecule has 1 saturated heterocycles. The fourth-order valence-electron chi connectivity index (χ4n) is 5.51. The Bertz CT molecular complexity index is 1860. The summed E-state index contributed by atoms with van der Waals surface area (Å²) in [7, 11) is -4.10. The predicted molar refractivity (Wildman–Crippen MR) is 185 cm³/mol. The number of rotatable bonds is 8. The molecule has 4 amide bonds.